The van der Waals surface area contributed by atoms with Gasteiger partial charge in [0.15, 0.2) is 0 Å². The summed E-state index contributed by atoms with van der Waals surface area (Å²) in [6.45, 7) is 1.59. The van der Waals surface area contributed by atoms with Crippen molar-refractivity contribution in [3.05, 3.63) is 93.5 Å². The highest BCUT2D eigenvalue weighted by atomic mass is 35.5. The van der Waals surface area contributed by atoms with E-state index in [1.807, 2.05) is 46.2 Å². The van der Waals surface area contributed by atoms with E-state index in [-0.39, 0.29) is 11.8 Å². The number of methoxy groups -OCH3 is 1. The Morgan fingerprint density at radius 2 is 1.49 bits per heavy atom. The zero-order chi connectivity index (χ0) is 24.8. The van der Waals surface area contributed by atoms with Crippen LogP contribution in [-0.2, 0) is 6.54 Å². The van der Waals surface area contributed by atoms with E-state index in [1.54, 1.807) is 37.4 Å². The van der Waals surface area contributed by atoms with E-state index in [0.29, 0.717) is 46.6 Å². The molecule has 1 aliphatic heterocycles. The van der Waals surface area contributed by atoms with Crippen LogP contribution < -0.4 is 9.64 Å². The van der Waals surface area contributed by atoms with Gasteiger partial charge in [-0.3, -0.25) is 9.59 Å². The molecule has 3 aromatic carbocycles. The summed E-state index contributed by atoms with van der Waals surface area (Å²) in [4.78, 5) is 30.8. The maximum absolute atomic E-state index is 13.7. The van der Waals surface area contributed by atoms with Gasteiger partial charge in [-0.1, -0.05) is 60.3 Å². The van der Waals surface area contributed by atoms with Crippen LogP contribution in [0.2, 0.25) is 10.0 Å². The summed E-state index contributed by atoms with van der Waals surface area (Å²) in [5.74, 6) is 0.420. The Kier molecular flexibility index (Phi) is 8.32. The van der Waals surface area contributed by atoms with Gasteiger partial charge in [-0.05, 0) is 60.9 Å². The normalized spacial score (nSPS) is 14.6. The van der Waals surface area contributed by atoms with Crippen molar-refractivity contribution in [2.24, 2.45) is 0 Å². The number of carbonyl (C=O) groups excluding carboxylic acids is 2. The number of anilines is 1. The van der Waals surface area contributed by atoms with Crippen LogP contribution in [0.25, 0.3) is 0 Å². The Hall–Kier alpha value is -3.02. The fourth-order valence-electron chi connectivity index (χ4n) is 4.40. The fourth-order valence-corrected chi connectivity index (χ4v) is 4.92. The molecule has 5 nitrogen and oxygen atoms in total. The first-order chi connectivity index (χ1) is 17.0. The van der Waals surface area contributed by atoms with Crippen LogP contribution in [-0.4, -0.2) is 36.9 Å². The number of benzene rings is 3. The van der Waals surface area contributed by atoms with Crippen molar-refractivity contribution in [3.8, 4) is 5.75 Å². The molecular weight excluding hydrogens is 483 g/mol. The van der Waals surface area contributed by atoms with Crippen LogP contribution >= 0.6 is 23.2 Å². The van der Waals surface area contributed by atoms with E-state index < -0.39 is 0 Å². The number of fused-ring (bicyclic) bond motifs is 1. The van der Waals surface area contributed by atoms with Crippen LogP contribution in [0.4, 0.5) is 5.69 Å². The lowest BCUT2D eigenvalue weighted by molar-refractivity contribution is 0.0740. The molecule has 0 fully saturated rings. The van der Waals surface area contributed by atoms with Gasteiger partial charge in [0, 0.05) is 46.5 Å². The largest absolute Gasteiger partial charge is 0.497 e. The fraction of sp³-hybridized carbons (Fsp3) is 0.286. The third-order valence-corrected chi connectivity index (χ3v) is 6.60. The highest BCUT2D eigenvalue weighted by Crippen LogP contribution is 2.28. The predicted octanol–water partition coefficient (Wildman–Crippen LogP) is 6.87. The van der Waals surface area contributed by atoms with Crippen LogP contribution in [0.3, 0.4) is 0 Å². The molecule has 1 heterocycles. The molecule has 4 rings (SSSR count). The average molecular weight is 511 g/mol. The monoisotopic (exact) mass is 510 g/mol. The second-order valence-electron chi connectivity index (χ2n) is 8.62. The number of hydrogen-bond donors (Lipinski definition) is 0. The summed E-state index contributed by atoms with van der Waals surface area (Å²) < 4.78 is 5.33. The molecule has 0 spiro atoms. The summed E-state index contributed by atoms with van der Waals surface area (Å²) in [5.41, 5.74) is 2.74. The molecule has 0 bridgehead atoms. The van der Waals surface area contributed by atoms with Gasteiger partial charge in [0.1, 0.15) is 5.75 Å². The number of nitrogens with zero attached hydrogens (tertiary/aromatic N) is 2. The molecular formula is C28H28Cl2N2O3. The number of ether oxygens (including phenoxy) is 1. The molecule has 0 aromatic heterocycles. The average Bonchev–Trinajstić information content (AvgIpc) is 2.90. The van der Waals surface area contributed by atoms with Crippen LogP contribution in [0.5, 0.6) is 5.75 Å². The highest BCUT2D eigenvalue weighted by Gasteiger charge is 2.24. The van der Waals surface area contributed by atoms with Crippen molar-refractivity contribution < 1.29 is 14.3 Å². The summed E-state index contributed by atoms with van der Waals surface area (Å²) in [7, 11) is 1.59. The number of amides is 2. The van der Waals surface area contributed by atoms with Crippen molar-refractivity contribution in [1.82, 2.24) is 4.90 Å². The Balaban J connectivity index is 1.70. The van der Waals surface area contributed by atoms with Gasteiger partial charge in [0.2, 0.25) is 0 Å². The first-order valence-electron chi connectivity index (χ1n) is 11.8. The van der Waals surface area contributed by atoms with E-state index in [9.17, 15) is 9.59 Å². The van der Waals surface area contributed by atoms with Crippen molar-refractivity contribution in [2.45, 2.75) is 32.2 Å². The molecule has 1 aliphatic rings. The molecule has 0 N–H and O–H groups in total. The smallest absolute Gasteiger partial charge is 0.258 e. The standard InChI is InChI=1S/C28H28Cl2N2O3/c1-35-25-11-8-10-20(17-25)28(34)32-14-7-3-2-6-13-31(19-21-9-4-5-12-26(21)32)27(33)22-15-23(29)18-24(30)16-22/h4-5,8-12,15-18H,2-3,6-7,13-14,19H2,1H3. The SMILES string of the molecule is COc1cccc(C(=O)N2CCCCCCN(C(=O)c3cc(Cl)cc(Cl)c3)Cc3ccccc32)c1. The molecule has 7 heteroatoms. The van der Waals surface area contributed by atoms with Crippen molar-refractivity contribution >= 4 is 40.7 Å². The van der Waals surface area contributed by atoms with Gasteiger partial charge >= 0.3 is 0 Å². The maximum Gasteiger partial charge on any atom is 0.258 e. The number of carbonyl (C=O) groups is 2. The first kappa shape index (κ1) is 25.1. The molecule has 0 radical (unpaired) electrons. The number of halogens is 2. The number of rotatable bonds is 3. The van der Waals surface area contributed by atoms with Gasteiger partial charge in [0.25, 0.3) is 11.8 Å². The molecule has 0 unspecified atom stereocenters. The Morgan fingerprint density at radius 1 is 0.771 bits per heavy atom. The van der Waals surface area contributed by atoms with E-state index in [0.717, 1.165) is 36.9 Å². The molecule has 182 valence electrons. The molecule has 3 aromatic rings. The summed E-state index contributed by atoms with van der Waals surface area (Å²) >= 11 is 12.3. The van der Waals surface area contributed by atoms with E-state index >= 15 is 0 Å². The van der Waals surface area contributed by atoms with Crippen molar-refractivity contribution in [3.63, 3.8) is 0 Å². The van der Waals surface area contributed by atoms with Gasteiger partial charge in [0.05, 0.1) is 7.11 Å². The molecule has 2 amide bonds. The van der Waals surface area contributed by atoms with Gasteiger partial charge in [-0.15, -0.1) is 0 Å². The van der Waals surface area contributed by atoms with Crippen LogP contribution in [0, 0.1) is 0 Å². The lowest BCUT2D eigenvalue weighted by atomic mass is 10.1. The number of hydrogen-bond acceptors (Lipinski definition) is 3. The highest BCUT2D eigenvalue weighted by molar-refractivity contribution is 6.35. The minimum absolute atomic E-state index is 0.0879. The molecule has 0 saturated heterocycles. The quantitative estimate of drug-likeness (QED) is 0.386. The molecule has 0 atom stereocenters. The van der Waals surface area contributed by atoms with Crippen molar-refractivity contribution in [1.29, 1.82) is 0 Å². The Labute approximate surface area is 216 Å². The van der Waals surface area contributed by atoms with Crippen LogP contribution in [0.15, 0.2) is 66.7 Å². The van der Waals surface area contributed by atoms with Crippen LogP contribution in [0.1, 0.15) is 52.0 Å². The topological polar surface area (TPSA) is 49.9 Å². The van der Waals surface area contributed by atoms with E-state index in [4.69, 9.17) is 27.9 Å². The zero-order valence-corrected chi connectivity index (χ0v) is 21.2. The molecule has 0 aliphatic carbocycles. The lowest BCUT2D eigenvalue weighted by Gasteiger charge is -2.28. The summed E-state index contributed by atoms with van der Waals surface area (Å²) in [6, 6.07) is 19.9. The summed E-state index contributed by atoms with van der Waals surface area (Å²) in [6.07, 6.45) is 3.70. The summed E-state index contributed by atoms with van der Waals surface area (Å²) in [5, 5.41) is 0.850. The minimum Gasteiger partial charge on any atom is -0.497 e. The van der Waals surface area contributed by atoms with E-state index in [2.05, 4.69) is 0 Å². The molecule has 0 saturated carbocycles. The Bertz CT molecular complexity index is 1190. The maximum atomic E-state index is 13.7. The predicted molar refractivity (Wildman–Crippen MR) is 141 cm³/mol. The Morgan fingerprint density at radius 3 is 2.23 bits per heavy atom. The van der Waals surface area contributed by atoms with Crippen molar-refractivity contribution in [2.75, 3.05) is 25.1 Å². The third-order valence-electron chi connectivity index (χ3n) is 6.16. The second kappa shape index (κ2) is 11.6. The van der Waals surface area contributed by atoms with Gasteiger partial charge in [-0.25, -0.2) is 0 Å². The number of para-hydroxylation sites is 1. The second-order valence-corrected chi connectivity index (χ2v) is 9.49. The molecule has 35 heavy (non-hydrogen) atoms. The van der Waals surface area contributed by atoms with Gasteiger partial charge < -0.3 is 14.5 Å². The zero-order valence-electron chi connectivity index (χ0n) is 19.7. The third kappa shape index (κ3) is 6.16. The van der Waals surface area contributed by atoms with Gasteiger partial charge in [-0.2, -0.15) is 0 Å². The first-order valence-corrected chi connectivity index (χ1v) is 12.5. The minimum atomic E-state index is -0.130. The van der Waals surface area contributed by atoms with E-state index in [1.165, 1.54) is 0 Å². The lowest BCUT2D eigenvalue weighted by Crippen LogP contribution is -2.35.